The van der Waals surface area contributed by atoms with Gasteiger partial charge in [-0.25, -0.2) is 0 Å². The summed E-state index contributed by atoms with van der Waals surface area (Å²) in [5.74, 6) is 0. The molecule has 0 saturated carbocycles. The molecule has 2 rings (SSSR count). The number of ether oxygens (including phenoxy) is 1. The predicted octanol–water partition coefficient (Wildman–Crippen LogP) is 2.15. The lowest BCUT2D eigenvalue weighted by Crippen LogP contribution is -2.19. The maximum absolute atomic E-state index is 8.97. The topological polar surface area (TPSA) is 57.0 Å². The molecule has 20 heavy (non-hydrogen) atoms. The zero-order valence-electron chi connectivity index (χ0n) is 11.7. The molecule has 0 bridgehead atoms. The van der Waals surface area contributed by atoms with Crippen LogP contribution in [-0.4, -0.2) is 48.3 Å². The highest BCUT2D eigenvalue weighted by atomic mass is 32.1. The van der Waals surface area contributed by atoms with E-state index in [0.29, 0.717) is 30.1 Å². The lowest BCUT2D eigenvalue weighted by atomic mass is 10.2. The third-order valence-electron chi connectivity index (χ3n) is 3.05. The van der Waals surface area contributed by atoms with Crippen molar-refractivity contribution >= 4 is 23.3 Å². The first kappa shape index (κ1) is 14.7. The number of fused-ring (bicyclic) bond motifs is 1. The van der Waals surface area contributed by atoms with Crippen molar-refractivity contribution in [3.63, 3.8) is 0 Å². The summed E-state index contributed by atoms with van der Waals surface area (Å²) < 4.78 is 8.22. The minimum Gasteiger partial charge on any atom is -0.378 e. The maximum atomic E-state index is 8.97. The molecule has 0 saturated heterocycles. The monoisotopic (exact) mass is 290 g/mol. The van der Waals surface area contributed by atoms with Gasteiger partial charge >= 0.3 is 0 Å². The summed E-state index contributed by atoms with van der Waals surface area (Å²) in [6.45, 7) is 2.89. The fourth-order valence-corrected chi connectivity index (χ4v) is 2.25. The average molecular weight is 290 g/mol. The van der Waals surface area contributed by atoms with Crippen LogP contribution >= 0.6 is 12.2 Å². The van der Waals surface area contributed by atoms with E-state index < -0.39 is 0 Å². The van der Waals surface area contributed by atoms with E-state index in [4.69, 9.17) is 22.2 Å². The Morgan fingerprint density at radius 1 is 1.40 bits per heavy atom. The van der Waals surface area contributed by atoms with Crippen LogP contribution in [0.15, 0.2) is 18.2 Å². The van der Waals surface area contributed by atoms with Crippen molar-refractivity contribution in [2.24, 2.45) is 0 Å². The summed E-state index contributed by atoms with van der Waals surface area (Å²) in [7, 11) is 4.03. The first-order valence-electron chi connectivity index (χ1n) is 6.47. The van der Waals surface area contributed by atoms with Crippen LogP contribution in [0.2, 0.25) is 0 Å². The fourth-order valence-electron chi connectivity index (χ4n) is 1.95. The molecule has 0 aliphatic carbocycles. The number of hydrogen-bond acceptors (Lipinski definition) is 4. The molecule has 1 aromatic heterocycles. The molecule has 5 nitrogen and oxygen atoms in total. The second-order valence-electron chi connectivity index (χ2n) is 4.84. The van der Waals surface area contributed by atoms with Gasteiger partial charge in [0, 0.05) is 13.1 Å². The summed E-state index contributed by atoms with van der Waals surface area (Å²) in [6.07, 6.45) is 0. The van der Waals surface area contributed by atoms with Crippen LogP contribution in [0, 0.1) is 16.1 Å². The number of likely N-dealkylation sites (N-methyl/N-ethyl adjacent to an activating group) is 1. The molecule has 0 radical (unpaired) electrons. The number of nitrogens with zero attached hydrogens (tertiary/aromatic N) is 3. The Bertz CT molecular complexity index is 681. The Balaban J connectivity index is 2.07. The third kappa shape index (κ3) is 3.45. The van der Waals surface area contributed by atoms with Gasteiger partial charge in [0.15, 0.2) is 4.77 Å². The fraction of sp³-hybridized carbons (Fsp3) is 0.429. The summed E-state index contributed by atoms with van der Waals surface area (Å²) in [5, 5.41) is 8.97. The van der Waals surface area contributed by atoms with E-state index in [0.717, 1.165) is 17.6 Å². The Morgan fingerprint density at radius 3 is 2.90 bits per heavy atom. The van der Waals surface area contributed by atoms with Gasteiger partial charge < -0.3 is 19.2 Å². The van der Waals surface area contributed by atoms with E-state index in [2.05, 4.69) is 16.0 Å². The van der Waals surface area contributed by atoms with Crippen LogP contribution in [-0.2, 0) is 11.3 Å². The van der Waals surface area contributed by atoms with Gasteiger partial charge in [-0.1, -0.05) is 0 Å². The molecule has 106 valence electrons. The number of aromatic amines is 1. The lowest BCUT2D eigenvalue weighted by Gasteiger charge is -2.10. The molecular weight excluding hydrogens is 272 g/mol. The SMILES string of the molecule is CN(C)CCOCCn1c(=S)[nH]c2ccc(C#N)cc21. The van der Waals surface area contributed by atoms with Gasteiger partial charge in [-0.05, 0) is 44.5 Å². The van der Waals surface area contributed by atoms with Crippen LogP contribution in [0.4, 0.5) is 0 Å². The Hall–Kier alpha value is -1.68. The minimum atomic E-state index is 0.603. The molecule has 0 atom stereocenters. The maximum Gasteiger partial charge on any atom is 0.178 e. The molecule has 1 N–H and O–H groups in total. The van der Waals surface area contributed by atoms with Gasteiger partial charge in [-0.2, -0.15) is 5.26 Å². The number of H-pyrrole nitrogens is 1. The molecular formula is C14H18N4OS. The number of imidazole rings is 1. The number of nitriles is 1. The van der Waals surface area contributed by atoms with E-state index >= 15 is 0 Å². The standard InChI is InChI=1S/C14H18N4OS/c1-17(2)5-7-19-8-6-18-13-9-11(10-15)3-4-12(13)16-14(18)20/h3-4,9H,5-8H2,1-2H3,(H,16,20). The van der Waals surface area contributed by atoms with Crippen LogP contribution in [0.1, 0.15) is 5.56 Å². The Labute approximate surface area is 123 Å². The smallest absolute Gasteiger partial charge is 0.178 e. The predicted molar refractivity (Wildman–Crippen MR) is 81.2 cm³/mol. The normalized spacial score (nSPS) is 11.1. The summed E-state index contributed by atoms with van der Waals surface area (Å²) in [5.41, 5.74) is 2.53. The minimum absolute atomic E-state index is 0.603. The highest BCUT2D eigenvalue weighted by molar-refractivity contribution is 7.71. The molecule has 0 aliphatic rings. The second kappa shape index (κ2) is 6.66. The van der Waals surface area contributed by atoms with Gasteiger partial charge in [0.05, 0.1) is 35.9 Å². The van der Waals surface area contributed by atoms with E-state index in [1.807, 2.05) is 30.8 Å². The Morgan fingerprint density at radius 2 is 2.20 bits per heavy atom. The molecule has 6 heteroatoms. The van der Waals surface area contributed by atoms with Crippen molar-refractivity contribution in [1.82, 2.24) is 14.5 Å². The summed E-state index contributed by atoms with van der Waals surface area (Å²) in [4.78, 5) is 5.22. The number of nitrogens with one attached hydrogen (secondary N) is 1. The zero-order valence-corrected chi connectivity index (χ0v) is 12.5. The van der Waals surface area contributed by atoms with Crippen LogP contribution in [0.3, 0.4) is 0 Å². The van der Waals surface area contributed by atoms with Crippen molar-refractivity contribution in [1.29, 1.82) is 5.26 Å². The van der Waals surface area contributed by atoms with E-state index in [1.165, 1.54) is 0 Å². The summed E-state index contributed by atoms with van der Waals surface area (Å²) >= 11 is 5.31. The van der Waals surface area contributed by atoms with Gasteiger partial charge in [-0.3, -0.25) is 0 Å². The first-order valence-corrected chi connectivity index (χ1v) is 6.88. The number of aromatic nitrogens is 2. The number of hydrogen-bond donors (Lipinski definition) is 1. The van der Waals surface area contributed by atoms with Crippen LogP contribution < -0.4 is 0 Å². The zero-order chi connectivity index (χ0) is 14.5. The first-order chi connectivity index (χ1) is 9.61. The van der Waals surface area contributed by atoms with Crippen molar-refractivity contribution in [2.75, 3.05) is 33.9 Å². The van der Waals surface area contributed by atoms with E-state index in [9.17, 15) is 0 Å². The van der Waals surface area contributed by atoms with Crippen molar-refractivity contribution in [2.45, 2.75) is 6.54 Å². The quantitative estimate of drug-likeness (QED) is 0.654. The molecule has 0 spiro atoms. The molecule has 1 heterocycles. The van der Waals surface area contributed by atoms with E-state index in [1.54, 1.807) is 6.07 Å². The molecule has 1 aromatic carbocycles. The summed E-state index contributed by atoms with van der Waals surface area (Å²) in [6, 6.07) is 7.66. The van der Waals surface area contributed by atoms with E-state index in [-0.39, 0.29) is 0 Å². The van der Waals surface area contributed by atoms with Gasteiger partial charge in [0.1, 0.15) is 0 Å². The van der Waals surface area contributed by atoms with Crippen molar-refractivity contribution in [3.8, 4) is 6.07 Å². The molecule has 0 fully saturated rings. The molecule has 0 unspecified atom stereocenters. The lowest BCUT2D eigenvalue weighted by molar-refractivity contribution is 0.111. The largest absolute Gasteiger partial charge is 0.378 e. The van der Waals surface area contributed by atoms with Crippen molar-refractivity contribution in [3.05, 3.63) is 28.5 Å². The van der Waals surface area contributed by atoms with Crippen LogP contribution in [0.5, 0.6) is 0 Å². The van der Waals surface area contributed by atoms with Gasteiger partial charge in [-0.15, -0.1) is 0 Å². The van der Waals surface area contributed by atoms with Gasteiger partial charge in [0.2, 0.25) is 0 Å². The number of benzene rings is 1. The molecule has 0 amide bonds. The average Bonchev–Trinajstić information content (AvgIpc) is 2.73. The highest BCUT2D eigenvalue weighted by Gasteiger charge is 2.05. The Kier molecular flexibility index (Phi) is 4.90. The number of rotatable bonds is 6. The van der Waals surface area contributed by atoms with Crippen molar-refractivity contribution < 1.29 is 4.74 Å². The highest BCUT2D eigenvalue weighted by Crippen LogP contribution is 2.15. The van der Waals surface area contributed by atoms with Gasteiger partial charge in [0.25, 0.3) is 0 Å². The third-order valence-corrected chi connectivity index (χ3v) is 3.37. The molecule has 2 aromatic rings. The second-order valence-corrected chi connectivity index (χ2v) is 5.23. The molecule has 0 aliphatic heterocycles. The van der Waals surface area contributed by atoms with Crippen LogP contribution in [0.25, 0.3) is 11.0 Å².